The third-order valence-electron chi connectivity index (χ3n) is 9.64. The van der Waals surface area contributed by atoms with E-state index in [-0.39, 0.29) is 30.0 Å². The van der Waals surface area contributed by atoms with Gasteiger partial charge in [0.2, 0.25) is 0 Å². The minimum Gasteiger partial charge on any atom is -0.462 e. The Labute approximate surface area is 305 Å². The van der Waals surface area contributed by atoms with Gasteiger partial charge >= 0.3 is 11.9 Å². The van der Waals surface area contributed by atoms with E-state index in [0.717, 1.165) is 51.4 Å². The molecule has 0 amide bonds. The third-order valence-corrected chi connectivity index (χ3v) is 9.64. The highest BCUT2D eigenvalue weighted by Gasteiger charge is 2.27. The van der Waals surface area contributed by atoms with Crippen molar-refractivity contribution in [3.8, 4) is 0 Å². The summed E-state index contributed by atoms with van der Waals surface area (Å²) in [6, 6.07) is -0.158. The molecular weight excluding hydrogens is 606 g/mol. The molecule has 288 valence electrons. The molecule has 5 heteroatoms. The Balaban J connectivity index is 4.07. The number of carbonyl (C=O) groups is 2. The molecule has 0 rings (SSSR count). The lowest BCUT2D eigenvalue weighted by molar-refractivity contribution is -0.160. The average molecular weight is 690 g/mol. The number of unbranched alkanes of at least 4 members (excludes halogenated alkanes) is 22. The summed E-state index contributed by atoms with van der Waals surface area (Å²) in [5.41, 5.74) is 6.30. The normalized spacial score (nSPS) is 13.3. The lowest BCUT2D eigenvalue weighted by Gasteiger charge is -2.30. The van der Waals surface area contributed by atoms with Crippen molar-refractivity contribution in [1.29, 1.82) is 0 Å². The van der Waals surface area contributed by atoms with Crippen LogP contribution in [0.25, 0.3) is 0 Å². The Kier molecular flexibility index (Phi) is 33.7. The fraction of sp³-hybridized carbons (Fsp3) is 0.864. The number of rotatable bonds is 35. The molecule has 0 aromatic rings. The molecule has 0 aromatic carbocycles. The first kappa shape index (κ1) is 47.4. The number of esters is 2. The number of ether oxygens (including phenoxy) is 2. The Hall–Kier alpha value is -1.62. The van der Waals surface area contributed by atoms with Gasteiger partial charge in [-0.3, -0.25) is 9.59 Å². The number of hydrogen-bond acceptors (Lipinski definition) is 5. The van der Waals surface area contributed by atoms with E-state index in [1.165, 1.54) is 116 Å². The first-order valence-electron chi connectivity index (χ1n) is 21.1. The van der Waals surface area contributed by atoms with Crippen molar-refractivity contribution in [3.63, 3.8) is 0 Å². The van der Waals surface area contributed by atoms with E-state index in [0.29, 0.717) is 19.3 Å². The molecule has 0 fully saturated rings. The maximum atomic E-state index is 12.7. The van der Waals surface area contributed by atoms with E-state index in [9.17, 15) is 9.59 Å². The highest BCUT2D eigenvalue weighted by Crippen LogP contribution is 2.23. The standard InChI is InChI=1S/C44H83NO4/c1-6-8-10-12-14-16-18-20-22-24-26-28-30-32-34-36-42(46)48-39-40(38-41(45)44(3,4)5)49-43(47)37-35-33-31-29-27-25-23-21-19-17-15-13-11-9-7-2/h20-23,40-41H,6-19,24-39,45H2,1-5H3/b22-20-,23-21-. The van der Waals surface area contributed by atoms with Crippen LogP contribution in [0.3, 0.4) is 0 Å². The highest BCUT2D eigenvalue weighted by molar-refractivity contribution is 5.70. The zero-order valence-electron chi connectivity index (χ0n) is 33.4. The summed E-state index contributed by atoms with van der Waals surface area (Å²) in [6.07, 6.45) is 42.1. The van der Waals surface area contributed by atoms with E-state index < -0.39 is 6.10 Å². The lowest BCUT2D eigenvalue weighted by Crippen LogP contribution is -2.40. The molecule has 49 heavy (non-hydrogen) atoms. The van der Waals surface area contributed by atoms with Gasteiger partial charge in [0.05, 0.1) is 0 Å². The summed E-state index contributed by atoms with van der Waals surface area (Å²) in [5, 5.41) is 0. The second kappa shape index (κ2) is 34.8. The van der Waals surface area contributed by atoms with Gasteiger partial charge in [-0.1, -0.05) is 162 Å². The van der Waals surface area contributed by atoms with Gasteiger partial charge in [-0.2, -0.15) is 0 Å². The summed E-state index contributed by atoms with van der Waals surface area (Å²) in [5.74, 6) is -0.419. The van der Waals surface area contributed by atoms with Crippen LogP contribution in [0.4, 0.5) is 0 Å². The zero-order chi connectivity index (χ0) is 36.3. The second-order valence-electron chi connectivity index (χ2n) is 15.7. The Morgan fingerprint density at radius 1 is 0.531 bits per heavy atom. The minimum absolute atomic E-state index is 0.0891. The second-order valence-corrected chi connectivity index (χ2v) is 15.7. The van der Waals surface area contributed by atoms with E-state index in [1.807, 2.05) is 0 Å². The van der Waals surface area contributed by atoms with Crippen LogP contribution in [-0.4, -0.2) is 30.7 Å². The summed E-state index contributed by atoms with van der Waals surface area (Å²) < 4.78 is 11.4. The van der Waals surface area contributed by atoms with Gasteiger partial charge in [-0.15, -0.1) is 0 Å². The maximum absolute atomic E-state index is 12.7. The Bertz CT molecular complexity index is 799. The van der Waals surface area contributed by atoms with Crippen LogP contribution in [0.1, 0.15) is 221 Å². The molecule has 5 nitrogen and oxygen atoms in total. The predicted octanol–water partition coefficient (Wildman–Crippen LogP) is 13.3. The molecular formula is C44H83NO4. The first-order valence-corrected chi connectivity index (χ1v) is 21.1. The van der Waals surface area contributed by atoms with Gasteiger partial charge in [0.1, 0.15) is 12.7 Å². The molecule has 2 atom stereocenters. The van der Waals surface area contributed by atoms with Crippen molar-refractivity contribution in [2.24, 2.45) is 11.1 Å². The first-order chi connectivity index (χ1) is 23.7. The molecule has 2 unspecified atom stereocenters. The fourth-order valence-corrected chi connectivity index (χ4v) is 5.97. The van der Waals surface area contributed by atoms with Crippen LogP contribution in [0.5, 0.6) is 0 Å². The minimum atomic E-state index is -0.497. The van der Waals surface area contributed by atoms with Crippen molar-refractivity contribution in [2.45, 2.75) is 233 Å². The monoisotopic (exact) mass is 690 g/mol. The number of allylic oxidation sites excluding steroid dienone is 4. The molecule has 2 N–H and O–H groups in total. The fourth-order valence-electron chi connectivity index (χ4n) is 5.97. The van der Waals surface area contributed by atoms with Crippen LogP contribution in [-0.2, 0) is 19.1 Å². The summed E-state index contributed by atoms with van der Waals surface area (Å²) in [7, 11) is 0. The molecule has 0 aliphatic heterocycles. The van der Waals surface area contributed by atoms with E-state index in [4.69, 9.17) is 15.2 Å². The molecule has 0 aliphatic rings. The van der Waals surface area contributed by atoms with Crippen LogP contribution >= 0.6 is 0 Å². The van der Waals surface area contributed by atoms with Crippen LogP contribution in [0.15, 0.2) is 24.3 Å². The molecule has 0 heterocycles. The molecule has 0 saturated carbocycles. The zero-order valence-corrected chi connectivity index (χ0v) is 33.4. The van der Waals surface area contributed by atoms with E-state index in [1.54, 1.807) is 0 Å². The largest absolute Gasteiger partial charge is 0.462 e. The molecule has 0 bridgehead atoms. The Morgan fingerprint density at radius 3 is 1.27 bits per heavy atom. The number of carbonyl (C=O) groups excluding carboxylic acids is 2. The lowest BCUT2D eigenvalue weighted by atomic mass is 9.84. The van der Waals surface area contributed by atoms with E-state index >= 15 is 0 Å². The highest BCUT2D eigenvalue weighted by atomic mass is 16.6. The van der Waals surface area contributed by atoms with Gasteiger partial charge in [0.25, 0.3) is 0 Å². The van der Waals surface area contributed by atoms with Gasteiger partial charge in [-0.25, -0.2) is 0 Å². The molecule has 0 aliphatic carbocycles. The molecule has 0 saturated heterocycles. The quantitative estimate of drug-likeness (QED) is 0.0407. The SMILES string of the molecule is CCCCCCCC/C=C\CCCCCCCC(=O)OCC(CC(N)C(C)(C)C)OC(=O)CCCCCCC/C=C\CCCCCCCC. The summed E-state index contributed by atoms with van der Waals surface area (Å²) in [4.78, 5) is 25.1. The van der Waals surface area contributed by atoms with Gasteiger partial charge in [0, 0.05) is 25.3 Å². The summed E-state index contributed by atoms with van der Waals surface area (Å²) in [6.45, 7) is 10.9. The predicted molar refractivity (Wildman–Crippen MR) is 212 cm³/mol. The van der Waals surface area contributed by atoms with Crippen molar-refractivity contribution >= 4 is 11.9 Å². The van der Waals surface area contributed by atoms with Crippen LogP contribution in [0, 0.1) is 5.41 Å². The molecule has 0 aromatic heterocycles. The third kappa shape index (κ3) is 34.6. The smallest absolute Gasteiger partial charge is 0.306 e. The van der Waals surface area contributed by atoms with Crippen molar-refractivity contribution in [3.05, 3.63) is 24.3 Å². The maximum Gasteiger partial charge on any atom is 0.306 e. The Morgan fingerprint density at radius 2 is 0.878 bits per heavy atom. The molecule has 0 radical (unpaired) electrons. The molecule has 0 spiro atoms. The number of hydrogen-bond donors (Lipinski definition) is 1. The van der Waals surface area contributed by atoms with Crippen LogP contribution < -0.4 is 5.73 Å². The summed E-state index contributed by atoms with van der Waals surface area (Å²) >= 11 is 0. The van der Waals surface area contributed by atoms with E-state index in [2.05, 4.69) is 58.9 Å². The average Bonchev–Trinajstić information content (AvgIpc) is 3.06. The topological polar surface area (TPSA) is 78.6 Å². The van der Waals surface area contributed by atoms with Crippen molar-refractivity contribution in [1.82, 2.24) is 0 Å². The van der Waals surface area contributed by atoms with Gasteiger partial charge < -0.3 is 15.2 Å². The number of nitrogens with two attached hydrogens (primary N) is 1. The van der Waals surface area contributed by atoms with Crippen molar-refractivity contribution < 1.29 is 19.1 Å². The van der Waals surface area contributed by atoms with Gasteiger partial charge in [0.15, 0.2) is 0 Å². The van der Waals surface area contributed by atoms with Crippen LogP contribution in [0.2, 0.25) is 0 Å². The van der Waals surface area contributed by atoms with Gasteiger partial charge in [-0.05, 0) is 69.6 Å². The van der Waals surface area contributed by atoms with Crippen molar-refractivity contribution in [2.75, 3.05) is 6.61 Å².